The van der Waals surface area contributed by atoms with E-state index in [1.165, 1.54) is 6.42 Å². The van der Waals surface area contributed by atoms with Crippen LogP contribution in [-0.4, -0.2) is 28.3 Å². The Morgan fingerprint density at radius 1 is 1.45 bits per heavy atom. The van der Waals surface area contributed by atoms with Gasteiger partial charge in [0.25, 0.3) is 0 Å². The topological polar surface area (TPSA) is 75.4 Å². The van der Waals surface area contributed by atoms with Gasteiger partial charge in [-0.3, -0.25) is 4.79 Å². The molecular formula is C14H21ClN2O3. The Morgan fingerprint density at radius 3 is 2.75 bits per heavy atom. The zero-order valence-electron chi connectivity index (χ0n) is 11.7. The molecule has 0 saturated heterocycles. The standard InChI is InChI=1S/C14H21ClN2O3/c1-10-11(13(15)20-17-10)5-6-12(18)16-9-14(19)7-3-2-4-8-14/h19H,2-9H2,1H3,(H,16,18). The number of nitrogens with one attached hydrogen (secondary N) is 1. The summed E-state index contributed by atoms with van der Waals surface area (Å²) in [6.07, 6.45) is 5.58. The van der Waals surface area contributed by atoms with Crippen LogP contribution >= 0.6 is 11.6 Å². The molecule has 0 bridgehead atoms. The molecule has 0 radical (unpaired) electrons. The smallest absolute Gasteiger partial charge is 0.229 e. The highest BCUT2D eigenvalue weighted by Gasteiger charge is 2.29. The molecule has 0 aromatic carbocycles. The van der Waals surface area contributed by atoms with Crippen LogP contribution in [-0.2, 0) is 11.2 Å². The van der Waals surface area contributed by atoms with E-state index >= 15 is 0 Å². The molecule has 1 fully saturated rings. The van der Waals surface area contributed by atoms with E-state index in [2.05, 4.69) is 10.5 Å². The highest BCUT2D eigenvalue weighted by molar-refractivity contribution is 6.29. The Hall–Kier alpha value is -1.07. The molecule has 6 heteroatoms. The number of hydrogen-bond donors (Lipinski definition) is 2. The molecule has 1 aliphatic carbocycles. The van der Waals surface area contributed by atoms with Gasteiger partial charge in [-0.25, -0.2) is 0 Å². The van der Waals surface area contributed by atoms with Crippen molar-refractivity contribution >= 4 is 17.5 Å². The average Bonchev–Trinajstić information content (AvgIpc) is 2.74. The lowest BCUT2D eigenvalue weighted by molar-refractivity contribution is -0.122. The van der Waals surface area contributed by atoms with Gasteiger partial charge >= 0.3 is 0 Å². The monoisotopic (exact) mass is 300 g/mol. The summed E-state index contributed by atoms with van der Waals surface area (Å²) in [5.41, 5.74) is 0.769. The molecule has 5 nitrogen and oxygen atoms in total. The van der Waals surface area contributed by atoms with E-state index in [0.29, 0.717) is 25.1 Å². The van der Waals surface area contributed by atoms with Crippen molar-refractivity contribution in [2.45, 2.75) is 57.5 Å². The van der Waals surface area contributed by atoms with Gasteiger partial charge in [0.15, 0.2) is 0 Å². The fourth-order valence-electron chi connectivity index (χ4n) is 2.62. The second-order valence-corrected chi connectivity index (χ2v) is 5.93. The predicted octanol–water partition coefficient (Wildman–Crippen LogP) is 2.38. The summed E-state index contributed by atoms with van der Waals surface area (Å²) in [5.74, 6) is -0.0827. The van der Waals surface area contributed by atoms with E-state index in [9.17, 15) is 9.90 Å². The molecule has 0 atom stereocenters. The molecule has 1 amide bonds. The Morgan fingerprint density at radius 2 is 2.15 bits per heavy atom. The van der Waals surface area contributed by atoms with Gasteiger partial charge in [-0.15, -0.1) is 0 Å². The van der Waals surface area contributed by atoms with Crippen molar-refractivity contribution in [3.8, 4) is 0 Å². The number of aliphatic hydroxyl groups is 1. The Kier molecular flexibility index (Phi) is 5.05. The summed E-state index contributed by atoms with van der Waals surface area (Å²) in [7, 11) is 0. The van der Waals surface area contributed by atoms with Crippen molar-refractivity contribution in [3.05, 3.63) is 16.5 Å². The van der Waals surface area contributed by atoms with Crippen molar-refractivity contribution in [2.75, 3.05) is 6.54 Å². The van der Waals surface area contributed by atoms with Crippen LogP contribution < -0.4 is 5.32 Å². The molecule has 1 aromatic heterocycles. The van der Waals surface area contributed by atoms with E-state index < -0.39 is 5.60 Å². The summed E-state index contributed by atoms with van der Waals surface area (Å²) in [6.45, 7) is 2.13. The van der Waals surface area contributed by atoms with Crippen LogP contribution in [0.4, 0.5) is 0 Å². The van der Waals surface area contributed by atoms with Gasteiger partial charge in [-0.2, -0.15) is 0 Å². The van der Waals surface area contributed by atoms with Gasteiger partial charge in [0.2, 0.25) is 11.1 Å². The van der Waals surface area contributed by atoms with Crippen molar-refractivity contribution in [1.29, 1.82) is 0 Å². The number of amides is 1. The summed E-state index contributed by atoms with van der Waals surface area (Å²) in [5, 5.41) is 17.1. The fraction of sp³-hybridized carbons (Fsp3) is 0.714. The van der Waals surface area contributed by atoms with Crippen molar-refractivity contribution < 1.29 is 14.4 Å². The zero-order valence-corrected chi connectivity index (χ0v) is 12.5. The maximum Gasteiger partial charge on any atom is 0.229 e. The number of aromatic nitrogens is 1. The highest BCUT2D eigenvalue weighted by atomic mass is 35.5. The van der Waals surface area contributed by atoms with Crippen LogP contribution in [0.5, 0.6) is 0 Å². The second kappa shape index (κ2) is 6.59. The van der Waals surface area contributed by atoms with Crippen LogP contribution in [0.25, 0.3) is 0 Å². The maximum absolute atomic E-state index is 11.8. The number of nitrogens with zero attached hydrogens (tertiary/aromatic N) is 1. The Balaban J connectivity index is 1.75. The number of rotatable bonds is 5. The molecule has 20 heavy (non-hydrogen) atoms. The first kappa shape index (κ1) is 15.3. The molecule has 1 aromatic rings. The summed E-state index contributed by atoms with van der Waals surface area (Å²) in [6, 6.07) is 0. The van der Waals surface area contributed by atoms with Gasteiger partial charge in [-0.05, 0) is 37.8 Å². The van der Waals surface area contributed by atoms with E-state index in [0.717, 1.165) is 31.2 Å². The number of carbonyl (C=O) groups excluding carboxylic acids is 1. The lowest BCUT2D eigenvalue weighted by atomic mass is 9.85. The van der Waals surface area contributed by atoms with E-state index in [1.807, 2.05) is 0 Å². The molecule has 1 aliphatic rings. The molecule has 1 saturated carbocycles. The third-order valence-electron chi connectivity index (χ3n) is 3.94. The van der Waals surface area contributed by atoms with E-state index in [1.54, 1.807) is 6.92 Å². The Labute approximate surface area is 123 Å². The SMILES string of the molecule is Cc1noc(Cl)c1CCC(=O)NCC1(O)CCCCC1. The van der Waals surface area contributed by atoms with Crippen LogP contribution in [0.1, 0.15) is 49.8 Å². The molecular weight excluding hydrogens is 280 g/mol. The lowest BCUT2D eigenvalue weighted by Crippen LogP contribution is -2.44. The molecule has 1 heterocycles. The number of hydrogen-bond acceptors (Lipinski definition) is 4. The average molecular weight is 301 g/mol. The summed E-state index contributed by atoms with van der Waals surface area (Å²) in [4.78, 5) is 11.8. The maximum atomic E-state index is 11.8. The molecule has 2 rings (SSSR count). The number of halogens is 1. The van der Waals surface area contributed by atoms with Gasteiger partial charge in [0, 0.05) is 18.5 Å². The first-order chi connectivity index (χ1) is 9.50. The van der Waals surface area contributed by atoms with E-state index in [4.69, 9.17) is 16.1 Å². The van der Waals surface area contributed by atoms with Crippen LogP contribution in [0, 0.1) is 6.92 Å². The Bertz CT molecular complexity index is 447. The molecule has 112 valence electrons. The van der Waals surface area contributed by atoms with Gasteiger partial charge < -0.3 is 14.9 Å². The lowest BCUT2D eigenvalue weighted by Gasteiger charge is -2.32. The molecule has 0 aliphatic heterocycles. The fourth-order valence-corrected chi connectivity index (χ4v) is 2.88. The quantitative estimate of drug-likeness (QED) is 0.875. The summed E-state index contributed by atoms with van der Waals surface area (Å²) < 4.78 is 4.84. The molecule has 0 spiro atoms. The largest absolute Gasteiger partial charge is 0.388 e. The highest BCUT2D eigenvalue weighted by Crippen LogP contribution is 2.27. The summed E-state index contributed by atoms with van der Waals surface area (Å²) >= 11 is 5.85. The van der Waals surface area contributed by atoms with E-state index in [-0.39, 0.29) is 11.1 Å². The predicted molar refractivity (Wildman–Crippen MR) is 75.6 cm³/mol. The number of carbonyl (C=O) groups is 1. The van der Waals surface area contributed by atoms with Gasteiger partial charge in [0.05, 0.1) is 11.3 Å². The third-order valence-corrected chi connectivity index (χ3v) is 4.23. The second-order valence-electron chi connectivity index (χ2n) is 5.58. The van der Waals surface area contributed by atoms with Crippen LogP contribution in [0.3, 0.4) is 0 Å². The van der Waals surface area contributed by atoms with Crippen molar-refractivity contribution in [3.63, 3.8) is 0 Å². The first-order valence-corrected chi connectivity index (χ1v) is 7.48. The zero-order chi connectivity index (χ0) is 14.6. The molecule has 2 N–H and O–H groups in total. The number of aryl methyl sites for hydroxylation is 1. The van der Waals surface area contributed by atoms with Crippen molar-refractivity contribution in [1.82, 2.24) is 10.5 Å². The third kappa shape index (κ3) is 3.96. The van der Waals surface area contributed by atoms with Gasteiger partial charge in [-0.1, -0.05) is 24.4 Å². The minimum Gasteiger partial charge on any atom is -0.388 e. The first-order valence-electron chi connectivity index (χ1n) is 7.10. The van der Waals surface area contributed by atoms with Crippen LogP contribution in [0.15, 0.2) is 4.52 Å². The minimum atomic E-state index is -0.724. The normalized spacial score (nSPS) is 17.9. The van der Waals surface area contributed by atoms with Crippen molar-refractivity contribution in [2.24, 2.45) is 0 Å². The minimum absolute atomic E-state index is 0.0827. The van der Waals surface area contributed by atoms with Crippen LogP contribution in [0.2, 0.25) is 5.22 Å². The van der Waals surface area contributed by atoms with Gasteiger partial charge in [0.1, 0.15) is 0 Å². The molecule has 0 unspecified atom stereocenters.